The lowest BCUT2D eigenvalue weighted by Gasteiger charge is -2.27. The van der Waals surface area contributed by atoms with Crippen LogP contribution >= 0.6 is 0 Å². The summed E-state index contributed by atoms with van der Waals surface area (Å²) in [5, 5.41) is 3.39. The summed E-state index contributed by atoms with van der Waals surface area (Å²) in [6.07, 6.45) is 3.12. The van der Waals surface area contributed by atoms with Gasteiger partial charge >= 0.3 is 0 Å². The van der Waals surface area contributed by atoms with Crippen molar-refractivity contribution >= 4 is 11.4 Å². The van der Waals surface area contributed by atoms with Crippen LogP contribution in [0.2, 0.25) is 0 Å². The number of nitrogens with zero attached hydrogens (tertiary/aromatic N) is 2. The largest absolute Gasteiger partial charge is 0.330 e. The molecule has 1 aromatic carbocycles. The number of benzene rings is 1. The Morgan fingerprint density at radius 2 is 1.90 bits per heavy atom. The molecule has 2 atom stereocenters. The second-order valence-corrected chi connectivity index (χ2v) is 6.15. The van der Waals surface area contributed by atoms with E-state index in [0.717, 1.165) is 31.6 Å². The molecule has 0 amide bonds. The number of halogens is 1. The molecule has 0 radical (unpaired) electrons. The van der Waals surface area contributed by atoms with Crippen molar-refractivity contribution in [2.24, 2.45) is 0 Å². The zero-order chi connectivity index (χ0) is 15.0. The van der Waals surface area contributed by atoms with Gasteiger partial charge in [0.25, 0.3) is 0 Å². The molecule has 21 heavy (non-hydrogen) atoms. The minimum atomic E-state index is -0.693. The highest BCUT2D eigenvalue weighted by Gasteiger charge is 2.26. The maximum atomic E-state index is 13.8. The average molecular weight is 289 g/mol. The number of hydrogen-bond donors (Lipinski definition) is 1. The molecule has 1 fully saturated rings. The van der Waals surface area contributed by atoms with Gasteiger partial charge in [0, 0.05) is 26.7 Å². The van der Waals surface area contributed by atoms with Gasteiger partial charge in [-0.15, -0.1) is 0 Å². The Hall–Kier alpha value is -1.55. The number of anilines is 2. The first-order chi connectivity index (χ1) is 10.1. The van der Waals surface area contributed by atoms with Gasteiger partial charge in [-0.05, 0) is 30.5 Å². The SMILES string of the molecule is C=C1N(C)c2ccc(CN[C@@H]3CCCC[C@@H]3F)cc2N1C. The van der Waals surface area contributed by atoms with E-state index < -0.39 is 6.17 Å². The topological polar surface area (TPSA) is 18.5 Å². The lowest BCUT2D eigenvalue weighted by atomic mass is 9.93. The fourth-order valence-electron chi connectivity index (χ4n) is 3.30. The number of alkyl halides is 1. The van der Waals surface area contributed by atoms with Crippen molar-refractivity contribution in [2.75, 3.05) is 23.9 Å². The van der Waals surface area contributed by atoms with Crippen LogP contribution in [0.25, 0.3) is 0 Å². The zero-order valence-electron chi connectivity index (χ0n) is 12.9. The Balaban J connectivity index is 1.69. The molecule has 114 valence electrons. The van der Waals surface area contributed by atoms with Crippen molar-refractivity contribution < 1.29 is 4.39 Å². The first-order valence-corrected chi connectivity index (χ1v) is 7.74. The van der Waals surface area contributed by atoms with Crippen LogP contribution in [0.5, 0.6) is 0 Å². The number of fused-ring (bicyclic) bond motifs is 1. The Kier molecular flexibility index (Phi) is 3.89. The van der Waals surface area contributed by atoms with E-state index in [4.69, 9.17) is 0 Å². The number of hydrogen-bond acceptors (Lipinski definition) is 3. The molecule has 1 heterocycles. The van der Waals surface area contributed by atoms with E-state index >= 15 is 0 Å². The minimum Gasteiger partial charge on any atom is -0.330 e. The second-order valence-electron chi connectivity index (χ2n) is 6.15. The van der Waals surface area contributed by atoms with E-state index in [1.54, 1.807) is 0 Å². The van der Waals surface area contributed by atoms with Crippen LogP contribution in [0.1, 0.15) is 31.2 Å². The molecule has 2 aliphatic rings. The second kappa shape index (κ2) is 5.68. The van der Waals surface area contributed by atoms with Crippen LogP contribution in [0.15, 0.2) is 30.6 Å². The van der Waals surface area contributed by atoms with Crippen LogP contribution in [0, 0.1) is 0 Å². The van der Waals surface area contributed by atoms with Gasteiger partial charge in [-0.1, -0.05) is 25.5 Å². The first-order valence-electron chi connectivity index (χ1n) is 7.74. The highest BCUT2D eigenvalue weighted by molar-refractivity contribution is 5.82. The van der Waals surface area contributed by atoms with Crippen LogP contribution in [-0.2, 0) is 6.54 Å². The standard InChI is InChI=1S/C17H24FN3/c1-12-20(2)16-9-8-13(10-17(16)21(12)3)11-19-15-7-5-4-6-14(15)18/h8-10,14-15,19H,1,4-7,11H2,2-3H3/t14-,15+/m0/s1. The van der Waals surface area contributed by atoms with Crippen molar-refractivity contribution in [2.45, 2.75) is 44.4 Å². The average Bonchev–Trinajstić information content (AvgIpc) is 2.71. The Labute approximate surface area is 126 Å². The Bertz CT molecular complexity index is 543. The van der Waals surface area contributed by atoms with Crippen LogP contribution in [0.4, 0.5) is 15.8 Å². The highest BCUT2D eigenvalue weighted by atomic mass is 19.1. The summed E-state index contributed by atoms with van der Waals surface area (Å²) in [4.78, 5) is 4.18. The fourth-order valence-corrected chi connectivity index (χ4v) is 3.30. The van der Waals surface area contributed by atoms with E-state index in [1.807, 2.05) is 14.1 Å². The third-order valence-electron chi connectivity index (χ3n) is 4.79. The molecule has 3 nitrogen and oxygen atoms in total. The zero-order valence-corrected chi connectivity index (χ0v) is 12.9. The summed E-state index contributed by atoms with van der Waals surface area (Å²) in [6.45, 7) is 4.80. The molecule has 0 spiro atoms. The molecule has 4 heteroatoms. The highest BCUT2D eigenvalue weighted by Crippen LogP contribution is 2.39. The van der Waals surface area contributed by atoms with Crippen LogP contribution < -0.4 is 15.1 Å². The number of nitrogens with one attached hydrogen (secondary N) is 1. The van der Waals surface area contributed by atoms with Crippen molar-refractivity contribution in [3.05, 3.63) is 36.2 Å². The molecule has 1 saturated carbocycles. The summed E-state index contributed by atoms with van der Waals surface area (Å²) in [5.74, 6) is 0.978. The summed E-state index contributed by atoms with van der Waals surface area (Å²) in [7, 11) is 4.05. The van der Waals surface area contributed by atoms with E-state index in [9.17, 15) is 4.39 Å². The molecule has 0 saturated heterocycles. The lowest BCUT2D eigenvalue weighted by molar-refractivity contribution is 0.188. The molecular formula is C17H24FN3. The van der Waals surface area contributed by atoms with Gasteiger partial charge < -0.3 is 15.1 Å². The van der Waals surface area contributed by atoms with E-state index in [1.165, 1.54) is 16.9 Å². The number of rotatable bonds is 3. The molecule has 1 aliphatic carbocycles. The van der Waals surface area contributed by atoms with Gasteiger partial charge in [-0.2, -0.15) is 0 Å². The van der Waals surface area contributed by atoms with Gasteiger partial charge in [-0.25, -0.2) is 4.39 Å². The van der Waals surface area contributed by atoms with Crippen molar-refractivity contribution in [1.82, 2.24) is 5.32 Å². The van der Waals surface area contributed by atoms with Gasteiger partial charge in [0.05, 0.1) is 11.4 Å². The van der Waals surface area contributed by atoms with Crippen molar-refractivity contribution in [1.29, 1.82) is 0 Å². The molecular weight excluding hydrogens is 265 g/mol. The summed E-state index contributed by atoms with van der Waals surface area (Å²) < 4.78 is 13.8. The summed E-state index contributed by atoms with van der Waals surface area (Å²) in [6, 6.07) is 6.43. The summed E-state index contributed by atoms with van der Waals surface area (Å²) >= 11 is 0. The van der Waals surface area contributed by atoms with Crippen LogP contribution in [-0.4, -0.2) is 26.3 Å². The van der Waals surface area contributed by atoms with Crippen molar-refractivity contribution in [3.8, 4) is 0 Å². The maximum absolute atomic E-state index is 13.8. The third kappa shape index (κ3) is 2.64. The molecule has 0 bridgehead atoms. The fraction of sp³-hybridized carbons (Fsp3) is 0.529. The van der Waals surface area contributed by atoms with Gasteiger partial charge in [-0.3, -0.25) is 0 Å². The van der Waals surface area contributed by atoms with E-state index in [0.29, 0.717) is 6.42 Å². The molecule has 1 aliphatic heterocycles. The molecule has 1 aromatic rings. The molecule has 3 rings (SSSR count). The predicted molar refractivity (Wildman–Crippen MR) is 86.4 cm³/mol. The predicted octanol–water partition coefficient (Wildman–Crippen LogP) is 3.41. The van der Waals surface area contributed by atoms with E-state index in [2.05, 4.69) is 39.9 Å². The van der Waals surface area contributed by atoms with Crippen LogP contribution in [0.3, 0.4) is 0 Å². The Morgan fingerprint density at radius 3 is 2.67 bits per heavy atom. The summed E-state index contributed by atoms with van der Waals surface area (Å²) in [5.41, 5.74) is 3.54. The maximum Gasteiger partial charge on any atom is 0.115 e. The van der Waals surface area contributed by atoms with Crippen molar-refractivity contribution in [3.63, 3.8) is 0 Å². The van der Waals surface area contributed by atoms with Gasteiger partial charge in [0.15, 0.2) is 0 Å². The minimum absolute atomic E-state index is 0.0161. The first kappa shape index (κ1) is 14.4. The third-order valence-corrected chi connectivity index (χ3v) is 4.79. The molecule has 0 aromatic heterocycles. The monoisotopic (exact) mass is 289 g/mol. The molecule has 0 unspecified atom stereocenters. The van der Waals surface area contributed by atoms with Gasteiger partial charge in [0.2, 0.25) is 0 Å². The quantitative estimate of drug-likeness (QED) is 0.920. The van der Waals surface area contributed by atoms with E-state index in [-0.39, 0.29) is 6.04 Å². The smallest absolute Gasteiger partial charge is 0.115 e. The van der Waals surface area contributed by atoms with Gasteiger partial charge in [0.1, 0.15) is 12.0 Å². The Morgan fingerprint density at radius 1 is 1.19 bits per heavy atom. The lowest BCUT2D eigenvalue weighted by Crippen LogP contribution is -2.39. The molecule has 1 N–H and O–H groups in total. The normalized spacial score (nSPS) is 25.4.